The van der Waals surface area contributed by atoms with Crippen molar-refractivity contribution < 1.29 is 18.7 Å². The molecule has 1 amide bonds. The molecule has 1 unspecified atom stereocenters. The second-order valence-corrected chi connectivity index (χ2v) is 7.81. The van der Waals surface area contributed by atoms with E-state index in [1.165, 1.54) is 12.1 Å². The van der Waals surface area contributed by atoms with Gasteiger partial charge in [0.2, 0.25) is 0 Å². The van der Waals surface area contributed by atoms with Gasteiger partial charge >= 0.3 is 0 Å². The van der Waals surface area contributed by atoms with E-state index in [-0.39, 0.29) is 11.7 Å². The van der Waals surface area contributed by atoms with Crippen LogP contribution in [0.3, 0.4) is 0 Å². The maximum atomic E-state index is 13.2. The SMILES string of the molecule is COCCc1nc(-c2ccc3c(c2)N(Cc2ccc(F)cc2)C(=O)C(C)O3)cs1. The summed E-state index contributed by atoms with van der Waals surface area (Å²) in [6.45, 7) is 2.71. The lowest BCUT2D eigenvalue weighted by molar-refractivity contribution is -0.125. The molecule has 0 aliphatic carbocycles. The summed E-state index contributed by atoms with van der Waals surface area (Å²) in [6.07, 6.45) is 0.191. The standard InChI is InChI=1S/C22H21FN2O3S/c1-14-22(26)25(12-15-3-6-17(23)7-4-15)19-11-16(5-8-20(19)28-14)18-13-29-21(24-18)9-10-27-2/h3-8,11,13-14H,9-10,12H2,1-2H3. The normalized spacial score (nSPS) is 15.9. The summed E-state index contributed by atoms with van der Waals surface area (Å²) in [7, 11) is 1.67. The molecule has 150 valence electrons. The number of nitrogens with zero attached hydrogens (tertiary/aromatic N) is 2. The zero-order chi connectivity index (χ0) is 20.4. The van der Waals surface area contributed by atoms with Crippen LogP contribution in [0.5, 0.6) is 5.75 Å². The molecule has 5 nitrogen and oxygen atoms in total. The summed E-state index contributed by atoms with van der Waals surface area (Å²) in [5.74, 6) is 0.224. The van der Waals surface area contributed by atoms with Gasteiger partial charge < -0.3 is 14.4 Å². The molecule has 0 radical (unpaired) electrons. The van der Waals surface area contributed by atoms with Crippen LogP contribution in [0.4, 0.5) is 10.1 Å². The minimum atomic E-state index is -0.575. The van der Waals surface area contributed by atoms with Crippen molar-refractivity contribution in [1.82, 2.24) is 4.98 Å². The van der Waals surface area contributed by atoms with Gasteiger partial charge in [0.1, 0.15) is 11.6 Å². The minimum Gasteiger partial charge on any atom is -0.479 e. The van der Waals surface area contributed by atoms with Gasteiger partial charge in [0.05, 0.1) is 29.5 Å². The van der Waals surface area contributed by atoms with E-state index >= 15 is 0 Å². The third-order valence-corrected chi connectivity index (χ3v) is 5.70. The van der Waals surface area contributed by atoms with Crippen molar-refractivity contribution in [1.29, 1.82) is 0 Å². The molecule has 0 bridgehead atoms. The molecule has 0 N–H and O–H groups in total. The molecular weight excluding hydrogens is 391 g/mol. The van der Waals surface area contributed by atoms with Crippen LogP contribution in [0.1, 0.15) is 17.5 Å². The van der Waals surface area contributed by atoms with Crippen molar-refractivity contribution in [3.8, 4) is 17.0 Å². The number of amides is 1. The number of methoxy groups -OCH3 is 1. The number of anilines is 1. The summed E-state index contributed by atoms with van der Waals surface area (Å²) in [6, 6.07) is 11.9. The summed E-state index contributed by atoms with van der Waals surface area (Å²) in [5.41, 5.74) is 3.32. The fourth-order valence-electron chi connectivity index (χ4n) is 3.25. The van der Waals surface area contributed by atoms with Crippen LogP contribution in [0.2, 0.25) is 0 Å². The number of hydrogen-bond donors (Lipinski definition) is 0. The molecule has 1 aliphatic heterocycles. The van der Waals surface area contributed by atoms with E-state index in [1.54, 1.807) is 42.4 Å². The Kier molecular flexibility index (Phi) is 5.60. The lowest BCUT2D eigenvalue weighted by Crippen LogP contribution is -2.44. The topological polar surface area (TPSA) is 51.7 Å². The van der Waals surface area contributed by atoms with Crippen molar-refractivity contribution in [3.63, 3.8) is 0 Å². The molecule has 2 aromatic carbocycles. The van der Waals surface area contributed by atoms with Gasteiger partial charge in [0.15, 0.2) is 6.10 Å². The average molecular weight is 412 g/mol. The predicted molar refractivity (Wildman–Crippen MR) is 111 cm³/mol. The molecule has 0 saturated carbocycles. The molecule has 2 heterocycles. The zero-order valence-electron chi connectivity index (χ0n) is 16.2. The van der Waals surface area contributed by atoms with Gasteiger partial charge in [-0.2, -0.15) is 0 Å². The van der Waals surface area contributed by atoms with E-state index in [4.69, 9.17) is 9.47 Å². The highest BCUT2D eigenvalue weighted by atomic mass is 32.1. The first kappa shape index (κ1) is 19.5. The van der Waals surface area contributed by atoms with Crippen LogP contribution < -0.4 is 9.64 Å². The molecule has 0 spiro atoms. The zero-order valence-corrected chi connectivity index (χ0v) is 17.0. The summed E-state index contributed by atoms with van der Waals surface area (Å²) in [4.78, 5) is 19.2. The predicted octanol–water partition coefficient (Wildman–Crippen LogP) is 4.45. The van der Waals surface area contributed by atoms with Gasteiger partial charge in [0, 0.05) is 24.5 Å². The maximum Gasteiger partial charge on any atom is 0.268 e. The van der Waals surface area contributed by atoms with Crippen LogP contribution in [-0.2, 0) is 22.5 Å². The van der Waals surface area contributed by atoms with Gasteiger partial charge in [-0.1, -0.05) is 12.1 Å². The Labute approximate surface area is 172 Å². The Morgan fingerprint density at radius 2 is 2.03 bits per heavy atom. The van der Waals surface area contributed by atoms with Crippen LogP contribution in [0.25, 0.3) is 11.3 Å². The highest BCUT2D eigenvalue weighted by Gasteiger charge is 2.32. The third-order valence-electron chi connectivity index (χ3n) is 4.79. The Morgan fingerprint density at radius 1 is 1.24 bits per heavy atom. The fraction of sp³-hybridized carbons (Fsp3) is 0.273. The first-order chi connectivity index (χ1) is 14.0. The number of rotatable bonds is 6. The second-order valence-electron chi connectivity index (χ2n) is 6.86. The number of fused-ring (bicyclic) bond motifs is 1. The van der Waals surface area contributed by atoms with Crippen molar-refractivity contribution >= 4 is 22.9 Å². The first-order valence-electron chi connectivity index (χ1n) is 9.35. The van der Waals surface area contributed by atoms with Crippen molar-refractivity contribution in [3.05, 3.63) is 64.2 Å². The number of thiazole rings is 1. The molecule has 29 heavy (non-hydrogen) atoms. The third kappa shape index (κ3) is 4.16. The quantitative estimate of drug-likeness (QED) is 0.600. The maximum absolute atomic E-state index is 13.2. The molecular formula is C22H21FN2O3S. The Morgan fingerprint density at radius 3 is 2.79 bits per heavy atom. The molecule has 1 aliphatic rings. The number of benzene rings is 2. The monoisotopic (exact) mass is 412 g/mol. The van der Waals surface area contributed by atoms with Crippen molar-refractivity contribution in [2.24, 2.45) is 0 Å². The van der Waals surface area contributed by atoms with E-state index < -0.39 is 6.10 Å². The van der Waals surface area contributed by atoms with Crippen molar-refractivity contribution in [2.75, 3.05) is 18.6 Å². The number of halogens is 1. The van der Waals surface area contributed by atoms with E-state index in [0.29, 0.717) is 24.6 Å². The lowest BCUT2D eigenvalue weighted by Gasteiger charge is -2.33. The van der Waals surface area contributed by atoms with Gasteiger partial charge in [-0.05, 0) is 42.8 Å². The number of aromatic nitrogens is 1. The average Bonchev–Trinajstić information content (AvgIpc) is 3.20. The fourth-order valence-corrected chi connectivity index (χ4v) is 4.04. The summed E-state index contributed by atoms with van der Waals surface area (Å²) >= 11 is 1.59. The van der Waals surface area contributed by atoms with Crippen LogP contribution in [0, 0.1) is 5.82 Å². The molecule has 0 fully saturated rings. The van der Waals surface area contributed by atoms with Gasteiger partial charge in [0.25, 0.3) is 5.91 Å². The van der Waals surface area contributed by atoms with E-state index in [1.807, 2.05) is 23.6 Å². The second kappa shape index (κ2) is 8.31. The number of hydrogen-bond acceptors (Lipinski definition) is 5. The molecule has 1 aromatic heterocycles. The molecule has 4 rings (SSSR count). The Balaban J connectivity index is 1.66. The highest BCUT2D eigenvalue weighted by Crippen LogP contribution is 2.38. The summed E-state index contributed by atoms with van der Waals surface area (Å²) < 4.78 is 24.2. The first-order valence-corrected chi connectivity index (χ1v) is 10.2. The molecule has 0 saturated heterocycles. The van der Waals surface area contributed by atoms with Crippen molar-refractivity contribution in [2.45, 2.75) is 26.0 Å². The minimum absolute atomic E-state index is 0.127. The van der Waals surface area contributed by atoms with Crippen LogP contribution in [-0.4, -0.2) is 30.7 Å². The smallest absolute Gasteiger partial charge is 0.268 e. The van der Waals surface area contributed by atoms with E-state index in [9.17, 15) is 9.18 Å². The summed E-state index contributed by atoms with van der Waals surface area (Å²) in [5, 5.41) is 3.01. The van der Waals surface area contributed by atoms with Crippen LogP contribution in [0.15, 0.2) is 47.8 Å². The van der Waals surface area contributed by atoms with Gasteiger partial charge in [-0.15, -0.1) is 11.3 Å². The Hall–Kier alpha value is -2.77. The largest absolute Gasteiger partial charge is 0.479 e. The molecule has 3 aromatic rings. The number of ether oxygens (including phenoxy) is 2. The highest BCUT2D eigenvalue weighted by molar-refractivity contribution is 7.09. The molecule has 7 heteroatoms. The number of carbonyl (C=O) groups is 1. The lowest BCUT2D eigenvalue weighted by atomic mass is 10.1. The Bertz CT molecular complexity index is 1020. The van der Waals surface area contributed by atoms with Crippen LogP contribution >= 0.6 is 11.3 Å². The number of carbonyl (C=O) groups excluding carboxylic acids is 1. The van der Waals surface area contributed by atoms with Gasteiger partial charge in [-0.3, -0.25) is 4.79 Å². The van der Waals surface area contributed by atoms with Gasteiger partial charge in [-0.25, -0.2) is 9.37 Å². The molecule has 1 atom stereocenters. The van der Waals surface area contributed by atoms with E-state index in [2.05, 4.69) is 4.98 Å². The van der Waals surface area contributed by atoms with E-state index in [0.717, 1.165) is 28.2 Å².